The molecule has 1 heterocycles. The normalized spacial score (nSPS) is 14.1. The Kier molecular flexibility index (Phi) is 13.9. The summed E-state index contributed by atoms with van der Waals surface area (Å²) in [6.07, 6.45) is 0.619. The van der Waals surface area contributed by atoms with Crippen LogP contribution in [0.1, 0.15) is 38.3 Å². The van der Waals surface area contributed by atoms with Gasteiger partial charge in [0.05, 0.1) is 18.2 Å². The number of amides is 2. The van der Waals surface area contributed by atoms with Crippen molar-refractivity contribution in [1.82, 2.24) is 10.2 Å². The summed E-state index contributed by atoms with van der Waals surface area (Å²) in [5.41, 5.74) is 6.65. The molecule has 4 N–H and O–H groups in total. The molecule has 41 heavy (non-hydrogen) atoms. The number of halogens is 4. The largest absolute Gasteiger partial charge is 0.464 e. The van der Waals surface area contributed by atoms with Crippen LogP contribution in [0.4, 0.5) is 23.2 Å². The van der Waals surface area contributed by atoms with Crippen LogP contribution in [-0.4, -0.2) is 60.1 Å². The van der Waals surface area contributed by atoms with Crippen LogP contribution < -0.4 is 16.4 Å². The molecule has 0 aromatic heterocycles. The quantitative estimate of drug-likeness (QED) is 0.146. The van der Waals surface area contributed by atoms with Gasteiger partial charge in [-0.25, -0.2) is 22.4 Å². The van der Waals surface area contributed by atoms with Crippen molar-refractivity contribution in [3.05, 3.63) is 64.7 Å². The van der Waals surface area contributed by atoms with Crippen LogP contribution in [0.5, 0.6) is 0 Å². The molecule has 2 unspecified atom stereocenters. The third kappa shape index (κ3) is 10.9. The Hall–Kier alpha value is -3.32. The lowest BCUT2D eigenvalue weighted by Gasteiger charge is -2.22. The van der Waals surface area contributed by atoms with Gasteiger partial charge in [-0.15, -0.1) is 11.8 Å². The first-order chi connectivity index (χ1) is 19.5. The first kappa shape index (κ1) is 33.9. The second-order valence-corrected chi connectivity index (χ2v) is 10.7. The standard InChI is InChI=1S/C15H21FN2O3.C13H15F3N2OS/c1-4-21-15(20)14(10(2)3)18-13-6-5-11(7-12(13)16)8-17-9-19;14-10-6-12(16)11(15)4-8(10)3-9(17)5-13(19)18-1-2-20-7-18/h5-7,9-10,14,18H,4,8H2,1-3H3,(H,17,19);4,6,9H,1-3,5,7,17H2. The third-order valence-electron chi connectivity index (χ3n) is 6.05. The zero-order valence-electron chi connectivity index (χ0n) is 23.2. The predicted octanol–water partition coefficient (Wildman–Crippen LogP) is 3.97. The molecule has 1 saturated heterocycles. The van der Waals surface area contributed by atoms with Crippen molar-refractivity contribution in [2.75, 3.05) is 30.1 Å². The minimum Gasteiger partial charge on any atom is -0.464 e. The number of thioether (sulfide) groups is 1. The maximum Gasteiger partial charge on any atom is 0.328 e. The van der Waals surface area contributed by atoms with E-state index in [9.17, 15) is 31.9 Å². The van der Waals surface area contributed by atoms with Crippen molar-refractivity contribution in [3.8, 4) is 0 Å². The maximum absolute atomic E-state index is 14.0. The summed E-state index contributed by atoms with van der Waals surface area (Å²) in [5.74, 6) is -2.66. The fourth-order valence-electron chi connectivity index (χ4n) is 3.88. The highest BCUT2D eigenvalue weighted by Gasteiger charge is 2.24. The van der Waals surface area contributed by atoms with E-state index in [1.165, 1.54) is 6.07 Å². The molecule has 0 bridgehead atoms. The van der Waals surface area contributed by atoms with E-state index < -0.39 is 41.3 Å². The van der Waals surface area contributed by atoms with Crippen LogP contribution in [0.2, 0.25) is 0 Å². The summed E-state index contributed by atoms with van der Waals surface area (Å²) in [6, 6.07) is 4.61. The van der Waals surface area contributed by atoms with Gasteiger partial charge in [-0.2, -0.15) is 0 Å². The van der Waals surface area contributed by atoms with Crippen LogP contribution in [0.3, 0.4) is 0 Å². The molecule has 13 heteroatoms. The minimum absolute atomic E-state index is 0.00421. The second-order valence-electron chi connectivity index (χ2n) is 9.65. The molecule has 0 aliphatic carbocycles. The molecule has 8 nitrogen and oxygen atoms in total. The number of esters is 1. The molecule has 1 aliphatic heterocycles. The van der Waals surface area contributed by atoms with Crippen LogP contribution in [-0.2, 0) is 32.1 Å². The van der Waals surface area contributed by atoms with Gasteiger partial charge >= 0.3 is 5.97 Å². The number of rotatable bonds is 12. The van der Waals surface area contributed by atoms with Crippen molar-refractivity contribution >= 4 is 35.7 Å². The second kappa shape index (κ2) is 16.8. The lowest BCUT2D eigenvalue weighted by molar-refractivity contribution is -0.145. The zero-order chi connectivity index (χ0) is 30.5. The number of carbonyl (C=O) groups excluding carboxylic acids is 3. The zero-order valence-corrected chi connectivity index (χ0v) is 24.0. The number of benzene rings is 2. The Morgan fingerprint density at radius 1 is 1.10 bits per heavy atom. The third-order valence-corrected chi connectivity index (χ3v) is 7.02. The molecule has 0 radical (unpaired) electrons. The molecule has 226 valence electrons. The summed E-state index contributed by atoms with van der Waals surface area (Å²) in [5, 5.41) is 5.34. The van der Waals surface area contributed by atoms with Gasteiger partial charge in [0.25, 0.3) is 0 Å². The van der Waals surface area contributed by atoms with Gasteiger partial charge in [0.1, 0.15) is 17.7 Å². The summed E-state index contributed by atoms with van der Waals surface area (Å²) in [4.78, 5) is 35.6. The minimum atomic E-state index is -1.23. The van der Waals surface area contributed by atoms with E-state index in [0.717, 1.165) is 11.8 Å². The van der Waals surface area contributed by atoms with Crippen molar-refractivity contribution in [2.24, 2.45) is 11.7 Å². The van der Waals surface area contributed by atoms with Crippen LogP contribution in [0.25, 0.3) is 0 Å². The lowest BCUT2D eigenvalue weighted by atomic mass is 10.0. The highest BCUT2D eigenvalue weighted by molar-refractivity contribution is 7.99. The molecule has 1 fully saturated rings. The Bertz CT molecular complexity index is 1180. The van der Waals surface area contributed by atoms with E-state index in [0.29, 0.717) is 30.5 Å². The Morgan fingerprint density at radius 3 is 2.39 bits per heavy atom. The van der Waals surface area contributed by atoms with Gasteiger partial charge in [0.15, 0.2) is 11.6 Å². The van der Waals surface area contributed by atoms with E-state index >= 15 is 0 Å². The lowest BCUT2D eigenvalue weighted by Crippen LogP contribution is -2.36. The number of ether oxygens (including phenoxy) is 1. The molecule has 0 saturated carbocycles. The molecule has 1 aliphatic rings. The van der Waals surface area contributed by atoms with Crippen molar-refractivity contribution in [1.29, 1.82) is 0 Å². The first-order valence-electron chi connectivity index (χ1n) is 13.1. The predicted molar refractivity (Wildman–Crippen MR) is 150 cm³/mol. The van der Waals surface area contributed by atoms with Crippen molar-refractivity contribution in [2.45, 2.75) is 52.2 Å². The molecule has 0 spiro atoms. The number of nitrogens with two attached hydrogens (primary N) is 1. The number of carbonyl (C=O) groups is 3. The fraction of sp³-hybridized carbons (Fsp3) is 0.464. The molecular weight excluding hydrogens is 564 g/mol. The molecule has 2 amide bonds. The Morgan fingerprint density at radius 2 is 1.80 bits per heavy atom. The monoisotopic (exact) mass is 600 g/mol. The maximum atomic E-state index is 14.0. The van der Waals surface area contributed by atoms with Gasteiger partial charge in [0, 0.05) is 37.4 Å². The molecule has 2 aromatic carbocycles. The van der Waals surface area contributed by atoms with E-state index in [-0.39, 0.29) is 49.1 Å². The van der Waals surface area contributed by atoms with Crippen molar-refractivity contribution in [3.63, 3.8) is 0 Å². The number of hydrogen-bond acceptors (Lipinski definition) is 7. The SMILES string of the molecule is CCOC(=O)C(Nc1ccc(CNC=O)cc1F)C(C)C.NC(CC(=O)N1CCSC1)Cc1cc(F)c(F)cc1F. The van der Waals surface area contributed by atoms with E-state index in [1.54, 1.807) is 35.7 Å². The van der Waals surface area contributed by atoms with Gasteiger partial charge in [0.2, 0.25) is 12.3 Å². The smallest absolute Gasteiger partial charge is 0.328 e. The number of hydrogen-bond donors (Lipinski definition) is 3. The van der Waals surface area contributed by atoms with E-state index in [4.69, 9.17) is 10.5 Å². The fourth-order valence-corrected chi connectivity index (χ4v) is 4.85. The summed E-state index contributed by atoms with van der Waals surface area (Å²) >= 11 is 1.66. The van der Waals surface area contributed by atoms with Crippen LogP contribution in [0, 0.1) is 29.2 Å². The summed E-state index contributed by atoms with van der Waals surface area (Å²) in [6.45, 7) is 6.67. The Balaban J connectivity index is 0.000000287. The number of anilines is 1. The highest BCUT2D eigenvalue weighted by Crippen LogP contribution is 2.20. The van der Waals surface area contributed by atoms with E-state index in [1.807, 2.05) is 13.8 Å². The first-order valence-corrected chi connectivity index (χ1v) is 14.2. The van der Waals surface area contributed by atoms with E-state index in [2.05, 4.69) is 10.6 Å². The highest BCUT2D eigenvalue weighted by atomic mass is 32.2. The average Bonchev–Trinajstić information content (AvgIpc) is 3.46. The molecular formula is C28H36F4N4O4S. The molecule has 3 rings (SSSR count). The molecule has 2 aromatic rings. The van der Waals surface area contributed by atoms with Crippen molar-refractivity contribution < 1.29 is 36.7 Å². The van der Waals surface area contributed by atoms with Gasteiger partial charge < -0.3 is 26.0 Å². The van der Waals surface area contributed by atoms with Gasteiger partial charge in [-0.1, -0.05) is 19.9 Å². The number of nitrogens with zero attached hydrogens (tertiary/aromatic N) is 1. The van der Waals surface area contributed by atoms with Crippen LogP contribution >= 0.6 is 11.8 Å². The number of nitrogens with one attached hydrogen (secondary N) is 2. The average molecular weight is 601 g/mol. The Labute approximate surface area is 241 Å². The van der Waals surface area contributed by atoms with Crippen LogP contribution in [0.15, 0.2) is 30.3 Å². The topological polar surface area (TPSA) is 114 Å². The molecule has 2 atom stereocenters. The summed E-state index contributed by atoms with van der Waals surface area (Å²) in [7, 11) is 0. The van der Waals surface area contributed by atoms with Gasteiger partial charge in [-0.3, -0.25) is 9.59 Å². The summed E-state index contributed by atoms with van der Waals surface area (Å²) < 4.78 is 58.3. The van der Waals surface area contributed by atoms with Gasteiger partial charge in [-0.05, 0) is 48.6 Å².